The lowest BCUT2D eigenvalue weighted by molar-refractivity contribution is 0.0942. The topological polar surface area (TPSA) is 97.2 Å². The lowest BCUT2D eigenvalue weighted by Gasteiger charge is -2.18. The summed E-state index contributed by atoms with van der Waals surface area (Å²) in [7, 11) is -3.67. The second-order valence-electron chi connectivity index (χ2n) is 8.97. The van der Waals surface area contributed by atoms with Gasteiger partial charge in [0.25, 0.3) is 15.9 Å². The number of benzene rings is 2. The summed E-state index contributed by atoms with van der Waals surface area (Å²) in [5.74, 6) is -0.681. The number of aryl methyl sites for hydroxylation is 1. The minimum absolute atomic E-state index is 0.239. The molecule has 0 unspecified atom stereocenters. The molecule has 0 saturated heterocycles. The van der Waals surface area contributed by atoms with Crippen LogP contribution in [-0.4, -0.2) is 46.0 Å². The molecule has 3 heterocycles. The van der Waals surface area contributed by atoms with Gasteiger partial charge in [0.05, 0.1) is 40.1 Å². The molecule has 1 aliphatic rings. The molecule has 0 aliphatic carbocycles. The lowest BCUT2D eigenvalue weighted by Crippen LogP contribution is -2.35. The Morgan fingerprint density at radius 3 is 2.51 bits per heavy atom. The van der Waals surface area contributed by atoms with Crippen LogP contribution < -0.4 is 5.32 Å². The van der Waals surface area contributed by atoms with Crippen molar-refractivity contribution in [3.63, 3.8) is 0 Å². The van der Waals surface area contributed by atoms with Crippen LogP contribution in [0.3, 0.4) is 0 Å². The van der Waals surface area contributed by atoms with Crippen molar-refractivity contribution in [2.75, 3.05) is 6.54 Å². The van der Waals surface area contributed by atoms with Crippen molar-refractivity contribution in [2.45, 2.75) is 37.6 Å². The van der Waals surface area contributed by atoms with Gasteiger partial charge in [-0.1, -0.05) is 24.6 Å². The number of nitrogens with zero attached hydrogens (tertiary/aromatic N) is 4. The molecule has 0 fully saturated rings. The molecular weight excluding hydrogens is 493 g/mol. The van der Waals surface area contributed by atoms with Crippen LogP contribution in [0.2, 0.25) is 0 Å². The fraction of sp³-hybridized carbons (Fsp3) is 0.222. The van der Waals surface area contributed by atoms with Gasteiger partial charge in [-0.2, -0.15) is 5.10 Å². The quantitative estimate of drug-likeness (QED) is 0.392. The molecule has 1 aliphatic heterocycles. The van der Waals surface area contributed by atoms with Gasteiger partial charge in [0.2, 0.25) is 0 Å². The molecule has 10 heteroatoms. The SMILES string of the molecule is CC[C@@H](NC(=O)c1cncc2c1cnn2-c1ccc(F)cc1)C1=CN(S(=O)(=O)c2ccc(C)cc2)CC1. The van der Waals surface area contributed by atoms with E-state index < -0.39 is 10.0 Å². The summed E-state index contributed by atoms with van der Waals surface area (Å²) in [5.41, 5.74) is 3.44. The van der Waals surface area contributed by atoms with E-state index in [9.17, 15) is 17.6 Å². The Bertz CT molecular complexity index is 1600. The highest BCUT2D eigenvalue weighted by atomic mass is 32.2. The molecule has 2 aromatic heterocycles. The van der Waals surface area contributed by atoms with E-state index in [0.29, 0.717) is 41.5 Å². The average Bonchev–Trinajstić information content (AvgIpc) is 3.56. The summed E-state index contributed by atoms with van der Waals surface area (Å²) in [6, 6.07) is 12.3. The maximum Gasteiger partial charge on any atom is 0.263 e. The third kappa shape index (κ3) is 4.72. The summed E-state index contributed by atoms with van der Waals surface area (Å²) >= 11 is 0. The van der Waals surface area contributed by atoms with Gasteiger partial charge in [0.15, 0.2) is 0 Å². The number of sulfonamides is 1. The molecule has 0 saturated carbocycles. The Morgan fingerprint density at radius 2 is 1.81 bits per heavy atom. The van der Waals surface area contributed by atoms with Crippen molar-refractivity contribution in [1.29, 1.82) is 0 Å². The molecule has 0 radical (unpaired) electrons. The highest BCUT2D eigenvalue weighted by Gasteiger charge is 2.29. The van der Waals surface area contributed by atoms with Crippen LogP contribution in [0.5, 0.6) is 0 Å². The number of carbonyl (C=O) groups is 1. The maximum atomic E-state index is 13.3. The number of nitrogens with one attached hydrogen (secondary N) is 1. The molecule has 0 spiro atoms. The minimum Gasteiger partial charge on any atom is -0.345 e. The van der Waals surface area contributed by atoms with E-state index >= 15 is 0 Å². The second-order valence-corrected chi connectivity index (χ2v) is 10.9. The zero-order chi connectivity index (χ0) is 26.2. The van der Waals surface area contributed by atoms with Crippen molar-refractivity contribution in [3.05, 3.63) is 95.8 Å². The summed E-state index contributed by atoms with van der Waals surface area (Å²) in [6.45, 7) is 4.16. The van der Waals surface area contributed by atoms with Crippen molar-refractivity contribution >= 4 is 26.8 Å². The molecule has 37 heavy (non-hydrogen) atoms. The first-order chi connectivity index (χ1) is 17.8. The van der Waals surface area contributed by atoms with Crippen molar-refractivity contribution < 1.29 is 17.6 Å². The van der Waals surface area contributed by atoms with E-state index in [4.69, 9.17) is 0 Å². The van der Waals surface area contributed by atoms with Gasteiger partial charge < -0.3 is 5.32 Å². The molecule has 5 rings (SSSR count). The lowest BCUT2D eigenvalue weighted by atomic mass is 10.0. The van der Waals surface area contributed by atoms with Gasteiger partial charge in [-0.25, -0.2) is 17.5 Å². The van der Waals surface area contributed by atoms with E-state index in [2.05, 4.69) is 15.4 Å². The number of halogens is 1. The number of aromatic nitrogens is 3. The second kappa shape index (κ2) is 9.78. The first-order valence-electron chi connectivity index (χ1n) is 12.0. The Morgan fingerprint density at radius 1 is 1.08 bits per heavy atom. The number of rotatable bonds is 7. The molecule has 1 amide bonds. The Labute approximate surface area is 214 Å². The largest absolute Gasteiger partial charge is 0.345 e. The third-order valence-corrected chi connectivity index (χ3v) is 8.31. The van der Waals surface area contributed by atoms with Crippen molar-refractivity contribution in [1.82, 2.24) is 24.4 Å². The van der Waals surface area contributed by atoms with Gasteiger partial charge in [-0.05, 0) is 61.7 Å². The van der Waals surface area contributed by atoms with Crippen LogP contribution in [0.25, 0.3) is 16.6 Å². The van der Waals surface area contributed by atoms with E-state index in [-0.39, 0.29) is 22.7 Å². The minimum atomic E-state index is -3.67. The molecular formula is C27H26FN5O3S. The molecule has 8 nitrogen and oxygen atoms in total. The van der Waals surface area contributed by atoms with Crippen molar-refractivity contribution in [3.8, 4) is 5.69 Å². The highest BCUT2D eigenvalue weighted by molar-refractivity contribution is 7.89. The van der Waals surface area contributed by atoms with Crippen LogP contribution in [0.15, 0.2) is 83.8 Å². The predicted molar refractivity (Wildman–Crippen MR) is 138 cm³/mol. The Kier molecular flexibility index (Phi) is 6.51. The summed E-state index contributed by atoms with van der Waals surface area (Å²) in [5, 5.41) is 8.02. The van der Waals surface area contributed by atoms with Crippen LogP contribution in [-0.2, 0) is 10.0 Å². The standard InChI is InChI=1S/C27H26FN5O3S/c1-3-25(19-12-13-32(17-19)37(35,36)22-10-4-18(2)5-11-22)31-27(34)24-14-29-16-26-23(24)15-30-33(26)21-8-6-20(28)7-9-21/h4-11,14-17,25H,3,12-13H2,1-2H3,(H,31,34)/t25-/m1/s1. The molecule has 190 valence electrons. The Balaban J connectivity index is 1.38. The zero-order valence-corrected chi connectivity index (χ0v) is 21.2. The van der Waals surface area contributed by atoms with E-state index in [1.54, 1.807) is 59.7 Å². The summed E-state index contributed by atoms with van der Waals surface area (Å²) in [6.07, 6.45) is 7.42. The van der Waals surface area contributed by atoms with Gasteiger partial charge in [0, 0.05) is 24.3 Å². The normalized spacial score (nSPS) is 14.6. The average molecular weight is 520 g/mol. The number of hydrogen-bond acceptors (Lipinski definition) is 5. The van der Waals surface area contributed by atoms with Gasteiger partial charge in [-0.15, -0.1) is 0 Å². The van der Waals surface area contributed by atoms with Crippen LogP contribution in [0.4, 0.5) is 4.39 Å². The maximum absolute atomic E-state index is 13.3. The number of fused-ring (bicyclic) bond motifs is 1. The third-order valence-electron chi connectivity index (χ3n) is 6.53. The predicted octanol–water partition coefficient (Wildman–Crippen LogP) is 4.35. The number of carbonyl (C=O) groups excluding carboxylic acids is 1. The molecule has 1 N–H and O–H groups in total. The monoisotopic (exact) mass is 519 g/mol. The Hall–Kier alpha value is -4.05. The van der Waals surface area contributed by atoms with Gasteiger partial charge in [-0.3, -0.25) is 14.1 Å². The fourth-order valence-electron chi connectivity index (χ4n) is 4.46. The van der Waals surface area contributed by atoms with Crippen LogP contribution in [0, 0.1) is 12.7 Å². The molecule has 2 aromatic carbocycles. The zero-order valence-electron chi connectivity index (χ0n) is 20.4. The van der Waals surface area contributed by atoms with E-state index in [0.717, 1.165) is 11.1 Å². The fourth-order valence-corrected chi connectivity index (χ4v) is 5.81. The molecule has 4 aromatic rings. The van der Waals surface area contributed by atoms with Crippen LogP contribution >= 0.6 is 0 Å². The molecule has 0 bridgehead atoms. The van der Waals surface area contributed by atoms with Gasteiger partial charge in [0.1, 0.15) is 5.82 Å². The summed E-state index contributed by atoms with van der Waals surface area (Å²) in [4.78, 5) is 17.8. The van der Waals surface area contributed by atoms with Gasteiger partial charge >= 0.3 is 0 Å². The summed E-state index contributed by atoms with van der Waals surface area (Å²) < 4.78 is 42.5. The number of hydrogen-bond donors (Lipinski definition) is 1. The first-order valence-corrected chi connectivity index (χ1v) is 13.4. The highest BCUT2D eigenvalue weighted by Crippen LogP contribution is 2.27. The first kappa shape index (κ1) is 24.6. The van der Waals surface area contributed by atoms with Crippen molar-refractivity contribution in [2.24, 2.45) is 0 Å². The van der Waals surface area contributed by atoms with E-state index in [1.165, 1.54) is 22.6 Å². The van der Waals surface area contributed by atoms with E-state index in [1.807, 2.05) is 13.8 Å². The number of pyridine rings is 1. The van der Waals surface area contributed by atoms with Crippen LogP contribution in [0.1, 0.15) is 35.7 Å². The smallest absolute Gasteiger partial charge is 0.263 e. The number of amides is 1. The molecule has 1 atom stereocenters.